The van der Waals surface area contributed by atoms with Crippen LogP contribution in [0.3, 0.4) is 0 Å². The molecule has 1 rings (SSSR count). The molecule has 0 aliphatic heterocycles. The number of rotatable bonds is 4. The van der Waals surface area contributed by atoms with Crippen LogP contribution in [0.1, 0.15) is 15.9 Å². The van der Waals surface area contributed by atoms with Crippen molar-refractivity contribution >= 4 is 11.6 Å². The SMILES string of the molecule is CNc1c(C(=O)NCC(F)F)cccc1C(F)(F)F. The van der Waals surface area contributed by atoms with Crippen molar-refractivity contribution in [2.24, 2.45) is 0 Å². The Morgan fingerprint density at radius 3 is 2.42 bits per heavy atom. The van der Waals surface area contributed by atoms with Gasteiger partial charge in [0, 0.05) is 7.05 Å². The molecule has 0 unspecified atom stereocenters. The molecular formula is C11H11F5N2O. The molecule has 0 saturated carbocycles. The van der Waals surface area contributed by atoms with Gasteiger partial charge in [-0.25, -0.2) is 8.78 Å². The fourth-order valence-corrected chi connectivity index (χ4v) is 1.51. The van der Waals surface area contributed by atoms with E-state index in [1.54, 1.807) is 0 Å². The molecule has 0 radical (unpaired) electrons. The molecule has 0 aliphatic rings. The second-order valence-corrected chi connectivity index (χ2v) is 3.58. The lowest BCUT2D eigenvalue weighted by Gasteiger charge is -2.16. The van der Waals surface area contributed by atoms with Crippen molar-refractivity contribution in [3.8, 4) is 0 Å². The van der Waals surface area contributed by atoms with E-state index in [9.17, 15) is 26.7 Å². The van der Waals surface area contributed by atoms with Crippen LogP contribution in [0.15, 0.2) is 18.2 Å². The van der Waals surface area contributed by atoms with Crippen molar-refractivity contribution in [2.75, 3.05) is 18.9 Å². The zero-order valence-electron chi connectivity index (χ0n) is 9.81. The predicted molar refractivity (Wildman–Crippen MR) is 59.3 cm³/mol. The third kappa shape index (κ3) is 3.80. The molecule has 0 fully saturated rings. The molecule has 1 amide bonds. The Labute approximate surface area is 105 Å². The quantitative estimate of drug-likeness (QED) is 0.834. The fourth-order valence-electron chi connectivity index (χ4n) is 1.51. The Morgan fingerprint density at radius 1 is 1.32 bits per heavy atom. The summed E-state index contributed by atoms with van der Waals surface area (Å²) in [5.74, 6) is -0.990. The summed E-state index contributed by atoms with van der Waals surface area (Å²) in [4.78, 5) is 11.6. The van der Waals surface area contributed by atoms with Crippen LogP contribution in [-0.2, 0) is 6.18 Å². The molecule has 0 atom stereocenters. The molecule has 0 bridgehead atoms. The summed E-state index contributed by atoms with van der Waals surface area (Å²) in [6.07, 6.45) is -7.41. The number of carbonyl (C=O) groups excluding carboxylic acids is 1. The topological polar surface area (TPSA) is 41.1 Å². The average molecular weight is 282 g/mol. The summed E-state index contributed by atoms with van der Waals surface area (Å²) in [5.41, 5.74) is -1.81. The number of nitrogens with one attached hydrogen (secondary N) is 2. The molecular weight excluding hydrogens is 271 g/mol. The minimum absolute atomic E-state index is 0.335. The molecule has 3 nitrogen and oxygen atoms in total. The first-order valence-corrected chi connectivity index (χ1v) is 5.21. The van der Waals surface area contributed by atoms with Crippen LogP contribution in [0.2, 0.25) is 0 Å². The summed E-state index contributed by atoms with van der Waals surface area (Å²) < 4.78 is 62.0. The minimum atomic E-state index is -4.64. The maximum Gasteiger partial charge on any atom is 0.418 e. The van der Waals surface area contributed by atoms with E-state index in [2.05, 4.69) is 5.32 Å². The molecule has 8 heteroatoms. The van der Waals surface area contributed by atoms with Crippen molar-refractivity contribution in [1.82, 2.24) is 5.32 Å². The number of benzene rings is 1. The Hall–Kier alpha value is -1.86. The molecule has 0 aromatic heterocycles. The van der Waals surface area contributed by atoms with Crippen molar-refractivity contribution in [1.29, 1.82) is 0 Å². The highest BCUT2D eigenvalue weighted by molar-refractivity contribution is 6.00. The molecule has 0 spiro atoms. The summed E-state index contributed by atoms with van der Waals surface area (Å²) in [5, 5.41) is 4.13. The number of para-hydroxylation sites is 1. The number of carbonyl (C=O) groups is 1. The maximum absolute atomic E-state index is 12.7. The summed E-state index contributed by atoms with van der Waals surface area (Å²) in [7, 11) is 1.22. The molecule has 0 saturated heterocycles. The van der Waals surface area contributed by atoms with Gasteiger partial charge in [0.25, 0.3) is 12.3 Å². The number of halogens is 5. The number of amides is 1. The lowest BCUT2D eigenvalue weighted by atomic mass is 10.1. The standard InChI is InChI=1S/C11H11F5N2O/c1-17-9-6(10(19)18-5-8(12)13)3-2-4-7(9)11(14,15)16/h2-4,8,17H,5H2,1H3,(H,18,19). The van der Waals surface area contributed by atoms with Crippen LogP contribution < -0.4 is 10.6 Å². The van der Waals surface area contributed by atoms with E-state index in [1.165, 1.54) is 7.05 Å². The number of hydrogen-bond acceptors (Lipinski definition) is 2. The van der Waals surface area contributed by atoms with E-state index in [0.717, 1.165) is 18.2 Å². The van der Waals surface area contributed by atoms with Gasteiger partial charge in [-0.2, -0.15) is 13.2 Å². The largest absolute Gasteiger partial charge is 0.418 e. The molecule has 1 aromatic rings. The average Bonchev–Trinajstić information content (AvgIpc) is 2.33. The summed E-state index contributed by atoms with van der Waals surface area (Å²) in [6, 6.07) is 2.97. The Bertz CT molecular complexity index is 459. The van der Waals surface area contributed by atoms with Gasteiger partial charge in [0.1, 0.15) is 0 Å². The van der Waals surface area contributed by atoms with E-state index in [0.29, 0.717) is 0 Å². The van der Waals surface area contributed by atoms with Crippen molar-refractivity contribution in [3.05, 3.63) is 29.3 Å². The fraction of sp³-hybridized carbons (Fsp3) is 0.364. The third-order valence-corrected chi connectivity index (χ3v) is 2.28. The van der Waals surface area contributed by atoms with E-state index in [4.69, 9.17) is 0 Å². The van der Waals surface area contributed by atoms with E-state index in [1.807, 2.05) is 5.32 Å². The second kappa shape index (κ2) is 5.85. The number of alkyl halides is 5. The van der Waals surface area contributed by atoms with Crippen LogP contribution in [0, 0.1) is 0 Å². The highest BCUT2D eigenvalue weighted by atomic mass is 19.4. The third-order valence-electron chi connectivity index (χ3n) is 2.28. The van der Waals surface area contributed by atoms with Crippen molar-refractivity contribution < 1.29 is 26.7 Å². The van der Waals surface area contributed by atoms with Gasteiger partial charge >= 0.3 is 6.18 Å². The highest BCUT2D eigenvalue weighted by Crippen LogP contribution is 2.36. The first-order chi connectivity index (χ1) is 8.77. The monoisotopic (exact) mass is 282 g/mol. The zero-order chi connectivity index (χ0) is 14.6. The second-order valence-electron chi connectivity index (χ2n) is 3.58. The van der Waals surface area contributed by atoms with Gasteiger partial charge in [0.05, 0.1) is 23.4 Å². The van der Waals surface area contributed by atoms with Crippen molar-refractivity contribution in [3.63, 3.8) is 0 Å². The van der Waals surface area contributed by atoms with Crippen molar-refractivity contribution in [2.45, 2.75) is 12.6 Å². The van der Waals surface area contributed by atoms with Gasteiger partial charge in [-0.15, -0.1) is 0 Å². The van der Waals surface area contributed by atoms with Gasteiger partial charge < -0.3 is 10.6 Å². The minimum Gasteiger partial charge on any atom is -0.387 e. The Balaban J connectivity index is 3.11. The molecule has 0 aliphatic carbocycles. The Morgan fingerprint density at radius 2 is 1.95 bits per heavy atom. The highest BCUT2D eigenvalue weighted by Gasteiger charge is 2.34. The van der Waals surface area contributed by atoms with Gasteiger partial charge in [-0.3, -0.25) is 4.79 Å². The molecule has 19 heavy (non-hydrogen) atoms. The van der Waals surface area contributed by atoms with E-state index in [-0.39, 0.29) is 5.56 Å². The van der Waals surface area contributed by atoms with Crippen LogP contribution in [0.4, 0.5) is 27.6 Å². The van der Waals surface area contributed by atoms with E-state index < -0.39 is 36.3 Å². The zero-order valence-corrected chi connectivity index (χ0v) is 9.81. The van der Waals surface area contributed by atoms with Gasteiger partial charge in [-0.1, -0.05) is 6.07 Å². The lowest BCUT2D eigenvalue weighted by Crippen LogP contribution is -2.29. The van der Waals surface area contributed by atoms with Crippen LogP contribution in [0.5, 0.6) is 0 Å². The number of hydrogen-bond donors (Lipinski definition) is 2. The predicted octanol–water partition coefficient (Wildman–Crippen LogP) is 2.74. The van der Waals surface area contributed by atoms with Gasteiger partial charge in [0.15, 0.2) is 0 Å². The van der Waals surface area contributed by atoms with Crippen LogP contribution >= 0.6 is 0 Å². The Kier molecular flexibility index (Phi) is 4.68. The maximum atomic E-state index is 12.7. The van der Waals surface area contributed by atoms with E-state index >= 15 is 0 Å². The first-order valence-electron chi connectivity index (χ1n) is 5.21. The lowest BCUT2D eigenvalue weighted by molar-refractivity contribution is -0.136. The first kappa shape index (κ1) is 15.2. The number of anilines is 1. The smallest absolute Gasteiger partial charge is 0.387 e. The van der Waals surface area contributed by atoms with Gasteiger partial charge in [-0.05, 0) is 12.1 Å². The van der Waals surface area contributed by atoms with Gasteiger partial charge in [0.2, 0.25) is 0 Å². The molecule has 1 aromatic carbocycles. The summed E-state index contributed by atoms with van der Waals surface area (Å²) in [6.45, 7) is -0.918. The van der Waals surface area contributed by atoms with Crippen LogP contribution in [-0.4, -0.2) is 25.9 Å². The molecule has 106 valence electrons. The summed E-state index contributed by atoms with van der Waals surface area (Å²) >= 11 is 0. The van der Waals surface area contributed by atoms with Crippen LogP contribution in [0.25, 0.3) is 0 Å². The molecule has 2 N–H and O–H groups in total. The molecule has 0 heterocycles. The normalized spacial score (nSPS) is 11.5.